The molecule has 0 saturated heterocycles. The second kappa shape index (κ2) is 8.57. The van der Waals surface area contributed by atoms with Crippen molar-refractivity contribution in [3.63, 3.8) is 0 Å². The van der Waals surface area contributed by atoms with Crippen LogP contribution in [0, 0.1) is 5.92 Å². The number of rotatable bonds is 8. The predicted molar refractivity (Wildman–Crippen MR) is 69.5 cm³/mol. The minimum atomic E-state index is 0.269. The highest BCUT2D eigenvalue weighted by molar-refractivity contribution is 5.75. The first-order chi connectivity index (χ1) is 7.47. The zero-order valence-corrected chi connectivity index (χ0v) is 11.5. The summed E-state index contributed by atoms with van der Waals surface area (Å²) in [5.74, 6) is 0.869. The van der Waals surface area contributed by atoms with E-state index in [2.05, 4.69) is 33.0 Å². The predicted octanol–water partition coefficient (Wildman–Crippen LogP) is 2.27. The second-order valence-electron chi connectivity index (χ2n) is 5.00. The maximum Gasteiger partial charge on any atom is 0.222 e. The number of hydrogen-bond donors (Lipinski definition) is 1. The van der Waals surface area contributed by atoms with Crippen LogP contribution in [-0.4, -0.2) is 37.0 Å². The van der Waals surface area contributed by atoms with E-state index in [-0.39, 0.29) is 5.91 Å². The molecule has 0 radical (unpaired) electrons. The average Bonchev–Trinajstić information content (AvgIpc) is 2.23. The van der Waals surface area contributed by atoms with Gasteiger partial charge in [0.25, 0.3) is 0 Å². The van der Waals surface area contributed by atoms with Crippen LogP contribution >= 0.6 is 0 Å². The van der Waals surface area contributed by atoms with Crippen molar-refractivity contribution < 1.29 is 4.79 Å². The van der Waals surface area contributed by atoms with Gasteiger partial charge >= 0.3 is 0 Å². The molecule has 0 bridgehead atoms. The Labute approximate surface area is 101 Å². The van der Waals surface area contributed by atoms with Gasteiger partial charge in [-0.25, -0.2) is 0 Å². The summed E-state index contributed by atoms with van der Waals surface area (Å²) in [4.78, 5) is 13.6. The molecule has 0 aliphatic rings. The van der Waals surface area contributed by atoms with Crippen LogP contribution < -0.4 is 5.32 Å². The van der Waals surface area contributed by atoms with Gasteiger partial charge in [0.1, 0.15) is 0 Å². The summed E-state index contributed by atoms with van der Waals surface area (Å²) in [5.41, 5.74) is 0. The van der Waals surface area contributed by atoms with Gasteiger partial charge < -0.3 is 10.2 Å². The number of carbonyl (C=O) groups is 1. The second-order valence-corrected chi connectivity index (χ2v) is 5.00. The molecule has 0 aliphatic heterocycles. The van der Waals surface area contributed by atoms with E-state index in [4.69, 9.17) is 0 Å². The molecule has 3 nitrogen and oxygen atoms in total. The molecule has 0 aromatic heterocycles. The van der Waals surface area contributed by atoms with Gasteiger partial charge in [0, 0.05) is 26.1 Å². The molecular weight excluding hydrogens is 200 g/mol. The third kappa shape index (κ3) is 7.69. The largest absolute Gasteiger partial charge is 0.345 e. The Hall–Kier alpha value is -0.570. The van der Waals surface area contributed by atoms with Crippen LogP contribution in [0.15, 0.2) is 0 Å². The van der Waals surface area contributed by atoms with Crippen LogP contribution in [0.5, 0.6) is 0 Å². The third-order valence-electron chi connectivity index (χ3n) is 2.83. The minimum absolute atomic E-state index is 0.269. The normalized spacial score (nSPS) is 12.9. The van der Waals surface area contributed by atoms with E-state index in [0.29, 0.717) is 18.4 Å². The fourth-order valence-corrected chi connectivity index (χ4v) is 1.52. The van der Waals surface area contributed by atoms with Crippen LogP contribution in [0.2, 0.25) is 0 Å². The van der Waals surface area contributed by atoms with E-state index in [1.807, 2.05) is 11.9 Å². The molecule has 0 rings (SSSR count). The summed E-state index contributed by atoms with van der Waals surface area (Å²) in [6, 6.07) is 0.507. The molecule has 1 amide bonds. The fourth-order valence-electron chi connectivity index (χ4n) is 1.52. The van der Waals surface area contributed by atoms with E-state index in [0.717, 1.165) is 25.9 Å². The molecule has 0 heterocycles. The highest BCUT2D eigenvalue weighted by atomic mass is 16.2. The van der Waals surface area contributed by atoms with Crippen molar-refractivity contribution in [2.75, 3.05) is 20.1 Å². The van der Waals surface area contributed by atoms with Crippen LogP contribution in [-0.2, 0) is 4.79 Å². The lowest BCUT2D eigenvalue weighted by molar-refractivity contribution is -0.130. The maximum absolute atomic E-state index is 11.7. The van der Waals surface area contributed by atoms with Crippen molar-refractivity contribution in [3.05, 3.63) is 0 Å². The molecular formula is C13H28N2O. The Kier molecular flexibility index (Phi) is 8.26. The molecule has 0 saturated carbocycles. The molecule has 16 heavy (non-hydrogen) atoms. The number of carbonyl (C=O) groups excluding carboxylic acids is 1. The van der Waals surface area contributed by atoms with Gasteiger partial charge in [-0.2, -0.15) is 0 Å². The Morgan fingerprint density at radius 3 is 2.44 bits per heavy atom. The first-order valence-electron chi connectivity index (χ1n) is 6.44. The first-order valence-corrected chi connectivity index (χ1v) is 6.44. The molecule has 0 aromatic rings. The third-order valence-corrected chi connectivity index (χ3v) is 2.83. The van der Waals surface area contributed by atoms with Crippen LogP contribution in [0.1, 0.15) is 47.0 Å². The summed E-state index contributed by atoms with van der Waals surface area (Å²) in [6.45, 7) is 10.4. The highest BCUT2D eigenvalue weighted by Gasteiger charge is 2.10. The van der Waals surface area contributed by atoms with E-state index in [1.165, 1.54) is 0 Å². The SMILES string of the molecule is CCC(C)CN(C)C(=O)CCCNC(C)C. The summed E-state index contributed by atoms with van der Waals surface area (Å²) >= 11 is 0. The number of nitrogens with one attached hydrogen (secondary N) is 1. The summed E-state index contributed by atoms with van der Waals surface area (Å²) in [6.07, 6.45) is 2.72. The molecule has 1 atom stereocenters. The van der Waals surface area contributed by atoms with Gasteiger partial charge in [0.2, 0.25) is 5.91 Å². The Bertz CT molecular complexity index is 192. The van der Waals surface area contributed by atoms with Gasteiger partial charge in [0.15, 0.2) is 0 Å². The van der Waals surface area contributed by atoms with E-state index in [9.17, 15) is 4.79 Å². The van der Waals surface area contributed by atoms with Gasteiger partial charge in [-0.1, -0.05) is 34.1 Å². The van der Waals surface area contributed by atoms with Crippen molar-refractivity contribution in [2.24, 2.45) is 5.92 Å². The standard InChI is InChI=1S/C13H28N2O/c1-6-12(4)10-15(5)13(16)8-7-9-14-11(2)3/h11-12,14H,6-10H2,1-5H3. The molecule has 0 fully saturated rings. The van der Waals surface area contributed by atoms with Gasteiger partial charge in [0.05, 0.1) is 0 Å². The van der Waals surface area contributed by atoms with Gasteiger partial charge in [-0.3, -0.25) is 4.79 Å². The zero-order chi connectivity index (χ0) is 12.6. The summed E-state index contributed by atoms with van der Waals surface area (Å²) in [5, 5.41) is 3.32. The molecule has 96 valence electrons. The first kappa shape index (κ1) is 15.4. The highest BCUT2D eigenvalue weighted by Crippen LogP contribution is 2.04. The van der Waals surface area contributed by atoms with E-state index in [1.54, 1.807) is 0 Å². The maximum atomic E-state index is 11.7. The Morgan fingerprint density at radius 2 is 1.94 bits per heavy atom. The van der Waals surface area contributed by atoms with Crippen LogP contribution in [0.25, 0.3) is 0 Å². The molecule has 0 aromatic carbocycles. The van der Waals surface area contributed by atoms with E-state index >= 15 is 0 Å². The molecule has 0 spiro atoms. The van der Waals surface area contributed by atoms with Crippen molar-refractivity contribution in [3.8, 4) is 0 Å². The van der Waals surface area contributed by atoms with Crippen LogP contribution in [0.4, 0.5) is 0 Å². The van der Waals surface area contributed by atoms with Gasteiger partial charge in [-0.15, -0.1) is 0 Å². The monoisotopic (exact) mass is 228 g/mol. The van der Waals surface area contributed by atoms with Crippen molar-refractivity contribution in [1.29, 1.82) is 0 Å². The van der Waals surface area contributed by atoms with Crippen molar-refractivity contribution in [1.82, 2.24) is 10.2 Å². The average molecular weight is 228 g/mol. The molecule has 3 heteroatoms. The quantitative estimate of drug-likeness (QED) is 0.646. The van der Waals surface area contributed by atoms with Gasteiger partial charge in [-0.05, 0) is 18.9 Å². The molecule has 1 N–H and O–H groups in total. The van der Waals surface area contributed by atoms with Crippen molar-refractivity contribution in [2.45, 2.75) is 53.0 Å². The number of amides is 1. The van der Waals surface area contributed by atoms with Crippen LogP contribution in [0.3, 0.4) is 0 Å². The Balaban J connectivity index is 3.63. The smallest absolute Gasteiger partial charge is 0.222 e. The van der Waals surface area contributed by atoms with E-state index < -0.39 is 0 Å². The molecule has 1 unspecified atom stereocenters. The zero-order valence-electron chi connectivity index (χ0n) is 11.5. The molecule has 0 aliphatic carbocycles. The minimum Gasteiger partial charge on any atom is -0.345 e. The fraction of sp³-hybridized carbons (Fsp3) is 0.923. The van der Waals surface area contributed by atoms with Crippen molar-refractivity contribution >= 4 is 5.91 Å². The topological polar surface area (TPSA) is 32.3 Å². The summed E-state index contributed by atoms with van der Waals surface area (Å²) < 4.78 is 0. The lowest BCUT2D eigenvalue weighted by Crippen LogP contribution is -2.31. The summed E-state index contributed by atoms with van der Waals surface area (Å²) in [7, 11) is 1.91. The number of hydrogen-bond acceptors (Lipinski definition) is 2. The lowest BCUT2D eigenvalue weighted by Gasteiger charge is -2.21. The Morgan fingerprint density at radius 1 is 1.31 bits per heavy atom. The lowest BCUT2D eigenvalue weighted by atomic mass is 10.1. The number of nitrogens with zero attached hydrogens (tertiary/aromatic N) is 1.